The second-order valence-corrected chi connectivity index (χ2v) is 8.31. The van der Waals surface area contributed by atoms with Gasteiger partial charge in [0.25, 0.3) is 0 Å². The number of benzene rings is 2. The van der Waals surface area contributed by atoms with Gasteiger partial charge in [-0.15, -0.1) is 0 Å². The molecule has 0 radical (unpaired) electrons. The number of aromatic nitrogens is 2. The highest BCUT2D eigenvalue weighted by atomic mass is 19.1. The molecule has 2 aromatic carbocycles. The zero-order valence-electron chi connectivity index (χ0n) is 18.0. The van der Waals surface area contributed by atoms with E-state index in [0.29, 0.717) is 18.3 Å². The Morgan fingerprint density at radius 2 is 2.00 bits per heavy atom. The first-order valence-corrected chi connectivity index (χ1v) is 10.7. The van der Waals surface area contributed by atoms with Gasteiger partial charge in [0, 0.05) is 35.9 Å². The molecule has 158 valence electrons. The van der Waals surface area contributed by atoms with Gasteiger partial charge < -0.3 is 9.14 Å². The molecule has 3 heterocycles. The summed E-state index contributed by atoms with van der Waals surface area (Å²) in [5.74, 6) is 0.400. The summed E-state index contributed by atoms with van der Waals surface area (Å²) in [5, 5.41) is 9.37. The molecular formula is C27H22FN3O. The van der Waals surface area contributed by atoms with Crippen LogP contribution in [0, 0.1) is 17.1 Å². The van der Waals surface area contributed by atoms with Crippen molar-refractivity contribution >= 4 is 11.2 Å². The van der Waals surface area contributed by atoms with E-state index in [1.807, 2.05) is 24.3 Å². The van der Waals surface area contributed by atoms with Gasteiger partial charge in [-0.05, 0) is 46.9 Å². The first kappa shape index (κ1) is 20.0. The number of halogens is 1. The number of hydrogen-bond donors (Lipinski definition) is 0. The van der Waals surface area contributed by atoms with Crippen molar-refractivity contribution in [3.8, 4) is 11.8 Å². The number of pyridine rings is 1. The first-order chi connectivity index (χ1) is 15.5. The van der Waals surface area contributed by atoms with Crippen LogP contribution in [-0.4, -0.2) is 9.38 Å². The highest BCUT2D eigenvalue weighted by Crippen LogP contribution is 2.37. The Morgan fingerprint density at radius 3 is 2.81 bits per heavy atom. The molecule has 0 atom stereocenters. The van der Waals surface area contributed by atoms with E-state index in [1.54, 1.807) is 6.07 Å². The topological polar surface area (TPSA) is 50.3 Å². The highest BCUT2D eigenvalue weighted by molar-refractivity contribution is 5.86. The van der Waals surface area contributed by atoms with E-state index >= 15 is 0 Å². The van der Waals surface area contributed by atoms with Gasteiger partial charge in [-0.25, -0.2) is 9.37 Å². The molecule has 2 aromatic heterocycles. The molecule has 5 rings (SSSR count). The molecule has 32 heavy (non-hydrogen) atoms. The minimum absolute atomic E-state index is 0.309. The summed E-state index contributed by atoms with van der Waals surface area (Å²) in [6.45, 7) is 4.63. The summed E-state index contributed by atoms with van der Waals surface area (Å²) in [5.41, 5.74) is 7.72. The van der Waals surface area contributed by atoms with Crippen LogP contribution in [0.5, 0.6) is 5.75 Å². The summed E-state index contributed by atoms with van der Waals surface area (Å²) < 4.78 is 21.9. The Hall–Kier alpha value is -3.91. The third-order valence-corrected chi connectivity index (χ3v) is 5.86. The maximum Gasteiger partial charge on any atom is 0.137 e. The number of nitriles is 1. The summed E-state index contributed by atoms with van der Waals surface area (Å²) in [7, 11) is 0. The van der Waals surface area contributed by atoms with Gasteiger partial charge in [0.15, 0.2) is 0 Å². The largest absolute Gasteiger partial charge is 0.488 e. The first-order valence-electron chi connectivity index (χ1n) is 10.7. The Labute approximate surface area is 186 Å². The fourth-order valence-corrected chi connectivity index (χ4v) is 4.39. The van der Waals surface area contributed by atoms with Crippen LogP contribution in [0.3, 0.4) is 0 Å². The molecule has 1 aliphatic rings. The fraction of sp³-hybridized carbons (Fsp3) is 0.185. The van der Waals surface area contributed by atoms with Crippen molar-refractivity contribution < 1.29 is 9.13 Å². The lowest BCUT2D eigenvalue weighted by molar-refractivity contribution is 0.305. The van der Waals surface area contributed by atoms with Crippen LogP contribution in [-0.2, 0) is 13.0 Å². The Bertz CT molecular complexity index is 1410. The lowest BCUT2D eigenvalue weighted by Crippen LogP contribution is -2.02. The molecule has 0 bridgehead atoms. The number of rotatable bonds is 3. The molecule has 0 amide bonds. The summed E-state index contributed by atoms with van der Waals surface area (Å²) in [4.78, 5) is 4.84. The molecular weight excluding hydrogens is 401 g/mol. The molecule has 0 unspecified atom stereocenters. The maximum absolute atomic E-state index is 13.8. The van der Waals surface area contributed by atoms with E-state index in [9.17, 15) is 9.65 Å². The Kier molecular flexibility index (Phi) is 4.99. The van der Waals surface area contributed by atoms with E-state index in [2.05, 4.69) is 42.6 Å². The van der Waals surface area contributed by atoms with Crippen LogP contribution in [0.15, 0.2) is 66.9 Å². The number of imidazole rings is 1. The van der Waals surface area contributed by atoms with Gasteiger partial charge >= 0.3 is 0 Å². The molecule has 0 fully saturated rings. The second-order valence-electron chi connectivity index (χ2n) is 8.31. The molecule has 0 saturated carbocycles. The van der Waals surface area contributed by atoms with Crippen LogP contribution >= 0.6 is 0 Å². The van der Waals surface area contributed by atoms with Crippen molar-refractivity contribution in [3.05, 3.63) is 106 Å². The van der Waals surface area contributed by atoms with Gasteiger partial charge in [0.05, 0.1) is 17.5 Å². The molecule has 0 N–H and O–H groups in total. The van der Waals surface area contributed by atoms with Crippen molar-refractivity contribution in [1.82, 2.24) is 9.38 Å². The average molecular weight is 423 g/mol. The monoisotopic (exact) mass is 423 g/mol. The number of nitrogens with zero attached hydrogens (tertiary/aromatic N) is 3. The summed E-state index contributed by atoms with van der Waals surface area (Å²) >= 11 is 0. The third kappa shape index (κ3) is 3.44. The van der Waals surface area contributed by atoms with Crippen molar-refractivity contribution in [2.75, 3.05) is 0 Å². The van der Waals surface area contributed by atoms with E-state index in [0.717, 1.165) is 45.6 Å². The quantitative estimate of drug-likeness (QED) is 0.378. The Morgan fingerprint density at radius 1 is 1.16 bits per heavy atom. The Balaban J connectivity index is 1.58. The molecule has 0 saturated heterocycles. The lowest BCUT2D eigenvalue weighted by atomic mass is 9.92. The SMILES string of the molecule is CC(C)c1nc2ccccn2c1Cc1ccc2c(c1)COc1cc(F)ccc1C2=CC#N. The van der Waals surface area contributed by atoms with Crippen LogP contribution in [0.4, 0.5) is 4.39 Å². The van der Waals surface area contributed by atoms with Crippen molar-refractivity contribution in [3.63, 3.8) is 0 Å². The van der Waals surface area contributed by atoms with E-state index in [-0.39, 0.29) is 5.82 Å². The number of hydrogen-bond acceptors (Lipinski definition) is 3. The molecule has 0 aliphatic carbocycles. The van der Waals surface area contributed by atoms with E-state index in [1.165, 1.54) is 23.9 Å². The molecule has 1 aliphatic heterocycles. The maximum atomic E-state index is 13.8. The fourth-order valence-electron chi connectivity index (χ4n) is 4.39. The smallest absolute Gasteiger partial charge is 0.137 e. The standard InChI is InChI=1S/C27H22FN3O/c1-17(2)27-24(31-12-4-3-5-26(31)30-27)14-18-6-8-21-19(13-18)16-32-25-15-20(28)7-9-23(25)22(21)10-11-29/h3-10,12-13,15,17H,14,16H2,1-2H3. The van der Waals surface area contributed by atoms with Crippen molar-refractivity contribution in [1.29, 1.82) is 5.26 Å². The predicted molar refractivity (Wildman–Crippen MR) is 122 cm³/mol. The van der Waals surface area contributed by atoms with Crippen LogP contribution < -0.4 is 4.74 Å². The van der Waals surface area contributed by atoms with Crippen molar-refractivity contribution in [2.45, 2.75) is 32.8 Å². The predicted octanol–water partition coefficient (Wildman–Crippen LogP) is 6.04. The average Bonchev–Trinajstić information content (AvgIpc) is 3.08. The number of ether oxygens (including phenoxy) is 1. The van der Waals surface area contributed by atoms with Crippen molar-refractivity contribution in [2.24, 2.45) is 0 Å². The lowest BCUT2D eigenvalue weighted by Gasteiger charge is -2.12. The minimum atomic E-state index is -0.361. The van der Waals surface area contributed by atoms with Gasteiger partial charge in [-0.2, -0.15) is 5.26 Å². The zero-order valence-corrected chi connectivity index (χ0v) is 18.0. The number of fused-ring (bicyclic) bond motifs is 3. The number of allylic oxidation sites excluding steroid dienone is 1. The van der Waals surface area contributed by atoms with Gasteiger partial charge in [-0.3, -0.25) is 0 Å². The molecule has 4 aromatic rings. The summed E-state index contributed by atoms with van der Waals surface area (Å²) in [6, 6.07) is 18.9. The molecule has 0 spiro atoms. The van der Waals surface area contributed by atoms with Crippen LogP contribution in [0.25, 0.3) is 11.2 Å². The highest BCUT2D eigenvalue weighted by Gasteiger charge is 2.21. The van der Waals surface area contributed by atoms with Crippen LogP contribution in [0.1, 0.15) is 53.4 Å². The minimum Gasteiger partial charge on any atom is -0.488 e. The third-order valence-electron chi connectivity index (χ3n) is 5.86. The normalized spacial score (nSPS) is 14.0. The second kappa shape index (κ2) is 7.97. The van der Waals surface area contributed by atoms with Gasteiger partial charge in [0.1, 0.15) is 23.8 Å². The van der Waals surface area contributed by atoms with Crippen LogP contribution in [0.2, 0.25) is 0 Å². The van der Waals surface area contributed by atoms with Gasteiger partial charge in [0.2, 0.25) is 0 Å². The van der Waals surface area contributed by atoms with E-state index < -0.39 is 0 Å². The molecule has 4 nitrogen and oxygen atoms in total. The van der Waals surface area contributed by atoms with E-state index in [4.69, 9.17) is 9.72 Å². The summed E-state index contributed by atoms with van der Waals surface area (Å²) in [6.07, 6.45) is 4.28. The van der Waals surface area contributed by atoms with Gasteiger partial charge in [-0.1, -0.05) is 38.1 Å². The zero-order chi connectivity index (χ0) is 22.2. The molecule has 5 heteroatoms.